The number of piperidine rings is 2. The van der Waals surface area contributed by atoms with Gasteiger partial charge in [-0.05, 0) is 68.4 Å². The summed E-state index contributed by atoms with van der Waals surface area (Å²) in [6.45, 7) is 3.37. The van der Waals surface area contributed by atoms with Crippen molar-refractivity contribution < 1.29 is 31.8 Å². The van der Waals surface area contributed by atoms with Gasteiger partial charge in [-0.25, -0.2) is 17.2 Å². The van der Waals surface area contributed by atoms with E-state index in [1.807, 2.05) is 4.90 Å². The Balaban J connectivity index is 1.28. The fraction of sp³-hybridized carbons (Fsp3) is 0.567. The number of nitrogens with one attached hydrogen (secondary N) is 2. The quantitative estimate of drug-likeness (QED) is 0.404. The van der Waals surface area contributed by atoms with E-state index in [9.17, 15) is 27.1 Å². The van der Waals surface area contributed by atoms with Crippen molar-refractivity contribution in [2.24, 2.45) is 5.41 Å². The van der Waals surface area contributed by atoms with Crippen molar-refractivity contribution in [3.8, 4) is 5.75 Å². The molecule has 0 unspecified atom stereocenters. The standard InChI is InChI=1S/C30H38F2N4O5S/c1-20(19-37)42(39,40)34-23-2-3-24(25(18-23)35-11-7-29(5-6-29)8-12-35)33-28(38)22-16-21-4-15-41-27(21)26(17-22)36-13-9-30(31,32)10-14-36/h2-3,16-18,20,34,37H,4-15,19H2,1H3,(H,33,38)/t20-/m1/s1. The van der Waals surface area contributed by atoms with Gasteiger partial charge in [-0.1, -0.05) is 0 Å². The highest BCUT2D eigenvalue weighted by Crippen LogP contribution is 2.54. The molecule has 3 fully saturated rings. The van der Waals surface area contributed by atoms with Gasteiger partial charge < -0.3 is 25.0 Å². The molecular weight excluding hydrogens is 566 g/mol. The predicted molar refractivity (Wildman–Crippen MR) is 159 cm³/mol. The lowest BCUT2D eigenvalue weighted by atomic mass is 9.93. The van der Waals surface area contributed by atoms with Gasteiger partial charge >= 0.3 is 0 Å². The van der Waals surface area contributed by atoms with Crippen LogP contribution in [0.4, 0.5) is 31.5 Å². The highest BCUT2D eigenvalue weighted by atomic mass is 32.2. The van der Waals surface area contributed by atoms with Crippen molar-refractivity contribution in [2.45, 2.75) is 63.0 Å². The predicted octanol–water partition coefficient (Wildman–Crippen LogP) is 4.61. The second-order valence-corrected chi connectivity index (χ2v) is 14.3. The maximum atomic E-state index is 13.9. The topological polar surface area (TPSA) is 111 Å². The van der Waals surface area contributed by atoms with Crippen LogP contribution in [-0.4, -0.2) is 70.0 Å². The minimum atomic E-state index is -3.80. The largest absolute Gasteiger partial charge is 0.491 e. The van der Waals surface area contributed by atoms with Crippen LogP contribution in [0.15, 0.2) is 30.3 Å². The van der Waals surface area contributed by atoms with Gasteiger partial charge in [0.05, 0.1) is 36.0 Å². The van der Waals surface area contributed by atoms with Crippen molar-refractivity contribution in [1.82, 2.24) is 0 Å². The zero-order valence-corrected chi connectivity index (χ0v) is 24.6. The molecule has 9 nitrogen and oxygen atoms in total. The van der Waals surface area contributed by atoms with E-state index in [0.717, 1.165) is 37.2 Å². The fourth-order valence-corrected chi connectivity index (χ4v) is 7.00. The highest BCUT2D eigenvalue weighted by molar-refractivity contribution is 7.93. The molecule has 6 rings (SSSR count). The van der Waals surface area contributed by atoms with Crippen molar-refractivity contribution in [3.05, 3.63) is 41.5 Å². The number of nitrogens with zero attached hydrogens (tertiary/aromatic N) is 2. The summed E-state index contributed by atoms with van der Waals surface area (Å²) in [7, 11) is -3.80. The second-order valence-electron chi connectivity index (χ2n) is 12.2. The number of carbonyl (C=O) groups excluding carboxylic acids is 1. The summed E-state index contributed by atoms with van der Waals surface area (Å²) in [5.41, 5.74) is 4.02. The highest BCUT2D eigenvalue weighted by Gasteiger charge is 2.44. The third-order valence-corrected chi connectivity index (χ3v) is 11.0. The summed E-state index contributed by atoms with van der Waals surface area (Å²) in [5.74, 6) is -2.36. The third kappa shape index (κ3) is 5.88. The molecule has 1 atom stereocenters. The number of sulfonamides is 1. The summed E-state index contributed by atoms with van der Waals surface area (Å²) >= 11 is 0. The number of alkyl halides is 2. The molecule has 3 N–H and O–H groups in total. The van der Waals surface area contributed by atoms with Gasteiger partial charge in [0.2, 0.25) is 10.0 Å². The van der Waals surface area contributed by atoms with Crippen LogP contribution in [0.3, 0.4) is 0 Å². The Bertz CT molecular complexity index is 1460. The fourth-order valence-electron chi connectivity index (χ4n) is 6.15. The van der Waals surface area contributed by atoms with Gasteiger partial charge in [-0.2, -0.15) is 0 Å². The molecule has 1 aliphatic carbocycles. The summed E-state index contributed by atoms with van der Waals surface area (Å²) in [6.07, 6.45) is 4.71. The molecule has 1 amide bonds. The van der Waals surface area contributed by atoms with Crippen LogP contribution in [0.2, 0.25) is 0 Å². The molecule has 0 radical (unpaired) electrons. The lowest BCUT2D eigenvalue weighted by Gasteiger charge is -2.35. The number of anilines is 4. The Labute approximate surface area is 245 Å². The average Bonchev–Trinajstić information content (AvgIpc) is 3.53. The summed E-state index contributed by atoms with van der Waals surface area (Å²) < 4.78 is 61.4. The Morgan fingerprint density at radius 2 is 1.67 bits per heavy atom. The van der Waals surface area contributed by atoms with Gasteiger partial charge in [-0.15, -0.1) is 0 Å². The monoisotopic (exact) mass is 604 g/mol. The maximum Gasteiger partial charge on any atom is 0.255 e. The van der Waals surface area contributed by atoms with Crippen LogP contribution in [0, 0.1) is 5.41 Å². The lowest BCUT2D eigenvalue weighted by Crippen LogP contribution is -2.39. The van der Waals surface area contributed by atoms with Crippen molar-refractivity contribution in [2.75, 3.05) is 59.2 Å². The van der Waals surface area contributed by atoms with Gasteiger partial charge in [0.25, 0.3) is 11.8 Å². The molecule has 3 heterocycles. The molecular formula is C30H38F2N4O5S. The molecule has 228 valence electrons. The zero-order valence-electron chi connectivity index (χ0n) is 23.8. The lowest BCUT2D eigenvalue weighted by molar-refractivity contribution is -0.0221. The molecule has 4 aliphatic rings. The van der Waals surface area contributed by atoms with Crippen LogP contribution >= 0.6 is 0 Å². The molecule has 42 heavy (non-hydrogen) atoms. The van der Waals surface area contributed by atoms with Crippen molar-refractivity contribution >= 4 is 38.7 Å². The molecule has 2 aromatic carbocycles. The molecule has 1 saturated carbocycles. The van der Waals surface area contributed by atoms with Crippen molar-refractivity contribution in [3.63, 3.8) is 0 Å². The summed E-state index contributed by atoms with van der Waals surface area (Å²) in [6, 6.07) is 8.55. The Kier molecular flexibility index (Phi) is 7.49. The first-order valence-corrected chi connectivity index (χ1v) is 16.3. The van der Waals surface area contributed by atoms with Crippen molar-refractivity contribution in [1.29, 1.82) is 0 Å². The Morgan fingerprint density at radius 3 is 2.33 bits per heavy atom. The van der Waals surface area contributed by atoms with E-state index in [4.69, 9.17) is 4.74 Å². The van der Waals surface area contributed by atoms with Gasteiger partial charge in [0.1, 0.15) is 11.0 Å². The number of carbonyl (C=O) groups is 1. The van der Waals surface area contributed by atoms with E-state index in [0.29, 0.717) is 46.8 Å². The average molecular weight is 605 g/mol. The van der Waals surface area contributed by atoms with E-state index < -0.39 is 27.8 Å². The molecule has 0 aromatic heterocycles. The number of hydrogen-bond donors (Lipinski definition) is 3. The third-order valence-electron chi connectivity index (χ3n) is 9.28. The molecule has 1 spiro atoms. The second kappa shape index (κ2) is 10.9. The summed E-state index contributed by atoms with van der Waals surface area (Å²) in [5, 5.41) is 11.4. The zero-order chi connectivity index (χ0) is 29.7. The number of rotatable bonds is 8. The number of amides is 1. The van der Waals surface area contributed by atoms with Gasteiger partial charge in [0, 0.05) is 56.6 Å². The van der Waals surface area contributed by atoms with E-state index >= 15 is 0 Å². The van der Waals surface area contributed by atoms with E-state index in [1.165, 1.54) is 19.8 Å². The Hall–Kier alpha value is -3.12. The molecule has 3 aliphatic heterocycles. The molecule has 0 bridgehead atoms. The molecule has 2 aromatic rings. The SMILES string of the molecule is C[C@H](CO)S(=O)(=O)Nc1ccc(NC(=O)c2cc3c(c(N4CCC(F)(F)CC4)c2)OCC3)c(N2CCC3(CC2)CC3)c1. The first kappa shape index (κ1) is 29.0. The molecule has 2 saturated heterocycles. The van der Waals surface area contributed by atoms with Crippen LogP contribution in [0.1, 0.15) is 61.4 Å². The van der Waals surface area contributed by atoms with E-state index in [1.54, 1.807) is 30.3 Å². The molecule has 12 heteroatoms. The summed E-state index contributed by atoms with van der Waals surface area (Å²) in [4.78, 5) is 17.8. The number of benzene rings is 2. The first-order chi connectivity index (χ1) is 20.0. The first-order valence-electron chi connectivity index (χ1n) is 14.7. The van der Waals surface area contributed by atoms with E-state index in [2.05, 4.69) is 14.9 Å². The maximum absolute atomic E-state index is 13.9. The number of hydrogen-bond acceptors (Lipinski definition) is 7. The number of aliphatic hydroxyl groups is 1. The Morgan fingerprint density at radius 1 is 1.00 bits per heavy atom. The minimum Gasteiger partial charge on any atom is -0.491 e. The normalized spacial score (nSPS) is 21.4. The van der Waals surface area contributed by atoms with Crippen LogP contribution < -0.4 is 24.6 Å². The number of aliphatic hydroxyl groups excluding tert-OH is 1. The number of halogens is 2. The van der Waals surface area contributed by atoms with Crippen LogP contribution in [-0.2, 0) is 16.4 Å². The number of fused-ring (bicyclic) bond motifs is 1. The smallest absolute Gasteiger partial charge is 0.255 e. The van der Waals surface area contributed by atoms with Crippen LogP contribution in [0.25, 0.3) is 0 Å². The number of ether oxygens (including phenoxy) is 1. The van der Waals surface area contributed by atoms with Crippen LogP contribution in [0.5, 0.6) is 5.75 Å². The van der Waals surface area contributed by atoms with E-state index in [-0.39, 0.29) is 31.8 Å². The van der Waals surface area contributed by atoms with Gasteiger partial charge in [0.15, 0.2) is 0 Å². The van der Waals surface area contributed by atoms with Gasteiger partial charge in [-0.3, -0.25) is 9.52 Å². The minimum absolute atomic E-state index is 0.181.